The van der Waals surface area contributed by atoms with Crippen LogP contribution in [0.1, 0.15) is 206 Å². The number of allylic oxidation sites excluding steroid dienone is 13. The minimum absolute atomic E-state index is 0.0450. The second-order valence-corrected chi connectivity index (χ2v) is 20.0. The molecule has 0 rings (SSSR count). The molecule has 9 heteroatoms. The Morgan fingerprint density at radius 3 is 1.44 bits per heavy atom. The molecule has 0 spiro atoms. The van der Waals surface area contributed by atoms with E-state index < -0.39 is 20.0 Å². The molecule has 64 heavy (non-hydrogen) atoms. The van der Waals surface area contributed by atoms with Crippen LogP contribution >= 0.6 is 7.82 Å². The average molecular weight is 916 g/mol. The molecule has 0 aromatic heterocycles. The van der Waals surface area contributed by atoms with Crippen LogP contribution in [0.3, 0.4) is 0 Å². The minimum Gasteiger partial charge on any atom is -0.387 e. The molecule has 0 radical (unpaired) electrons. The van der Waals surface area contributed by atoms with Gasteiger partial charge in [-0.05, 0) is 77.0 Å². The molecule has 370 valence electrons. The number of nitrogens with one attached hydrogen (secondary N) is 1. The first-order valence-electron chi connectivity index (χ1n) is 26.0. The van der Waals surface area contributed by atoms with Gasteiger partial charge in [0.05, 0.1) is 39.9 Å². The van der Waals surface area contributed by atoms with Gasteiger partial charge >= 0.3 is 7.82 Å². The van der Waals surface area contributed by atoms with Crippen LogP contribution in [0, 0.1) is 0 Å². The number of aliphatic hydroxyl groups is 1. The third kappa shape index (κ3) is 47.6. The van der Waals surface area contributed by atoms with E-state index in [0.29, 0.717) is 23.9 Å². The molecule has 3 atom stereocenters. The molecule has 0 saturated carbocycles. The standard InChI is InChI=1S/C55H99N2O6P/c1-6-8-10-12-14-16-18-20-22-24-26-27-28-29-31-32-34-36-38-40-42-44-46-48-54(58)53(52-63-64(60,61)62-51-50-57(3,4)5)56-55(59)49-47-45-43-41-39-37-35-33-30-25-23-21-19-17-15-13-11-9-7-2/h9,11,15,17,21,23,30,33,37-40,46,48,53-54,58H,6-8,10,12-14,16,18-20,22,24-29,31-32,34-36,41-45,47,49-52H2,1-5H3,(H-,56,59,60,61)/p+1/b11-9-,17-15-,23-21-,33-30-,39-37-,40-38+,48-46+. The van der Waals surface area contributed by atoms with E-state index in [9.17, 15) is 19.4 Å². The number of carbonyl (C=O) groups excluding carboxylic acids is 1. The molecular weight excluding hydrogens is 816 g/mol. The number of quaternary nitrogens is 1. The van der Waals surface area contributed by atoms with Gasteiger partial charge in [-0.2, -0.15) is 0 Å². The van der Waals surface area contributed by atoms with Crippen LogP contribution in [0.5, 0.6) is 0 Å². The predicted octanol–water partition coefficient (Wildman–Crippen LogP) is 15.3. The van der Waals surface area contributed by atoms with Crippen LogP contribution in [0.2, 0.25) is 0 Å². The van der Waals surface area contributed by atoms with E-state index in [2.05, 4.69) is 92.1 Å². The van der Waals surface area contributed by atoms with E-state index in [1.54, 1.807) is 6.08 Å². The fourth-order valence-corrected chi connectivity index (χ4v) is 7.76. The largest absolute Gasteiger partial charge is 0.472 e. The maximum absolute atomic E-state index is 12.9. The molecule has 0 aliphatic carbocycles. The lowest BCUT2D eigenvalue weighted by Crippen LogP contribution is -2.45. The number of hydrogen-bond donors (Lipinski definition) is 3. The molecule has 0 aromatic carbocycles. The summed E-state index contributed by atoms with van der Waals surface area (Å²) >= 11 is 0. The Morgan fingerprint density at radius 1 is 0.547 bits per heavy atom. The Balaban J connectivity index is 4.42. The summed E-state index contributed by atoms with van der Waals surface area (Å²) in [5.74, 6) is -0.220. The highest BCUT2D eigenvalue weighted by atomic mass is 31.2. The summed E-state index contributed by atoms with van der Waals surface area (Å²) in [6.45, 7) is 4.65. The van der Waals surface area contributed by atoms with Crippen LogP contribution in [0.25, 0.3) is 0 Å². The lowest BCUT2D eigenvalue weighted by Gasteiger charge is -2.25. The summed E-state index contributed by atoms with van der Waals surface area (Å²) in [5.41, 5.74) is 0. The van der Waals surface area contributed by atoms with E-state index in [1.165, 1.54) is 109 Å². The maximum Gasteiger partial charge on any atom is 0.472 e. The third-order valence-corrected chi connectivity index (χ3v) is 12.1. The van der Waals surface area contributed by atoms with Crippen LogP contribution in [0.4, 0.5) is 0 Å². The molecule has 1 amide bonds. The number of amides is 1. The zero-order valence-electron chi connectivity index (χ0n) is 42.0. The van der Waals surface area contributed by atoms with Gasteiger partial charge in [0, 0.05) is 6.42 Å². The average Bonchev–Trinajstić information content (AvgIpc) is 3.25. The zero-order chi connectivity index (χ0) is 47.1. The smallest absolute Gasteiger partial charge is 0.387 e. The Bertz CT molecular complexity index is 1310. The highest BCUT2D eigenvalue weighted by Gasteiger charge is 2.27. The number of likely N-dealkylation sites (N-methyl/N-ethyl adjacent to an activating group) is 1. The number of phosphoric acid groups is 1. The number of rotatable bonds is 46. The summed E-state index contributed by atoms with van der Waals surface area (Å²) in [5, 5.41) is 13.9. The van der Waals surface area contributed by atoms with Crippen LogP contribution < -0.4 is 5.32 Å². The minimum atomic E-state index is -4.37. The van der Waals surface area contributed by atoms with Crippen LogP contribution in [-0.2, 0) is 18.4 Å². The predicted molar refractivity (Wildman–Crippen MR) is 276 cm³/mol. The first-order valence-corrected chi connectivity index (χ1v) is 27.5. The molecule has 0 aromatic rings. The monoisotopic (exact) mass is 916 g/mol. The zero-order valence-corrected chi connectivity index (χ0v) is 42.9. The van der Waals surface area contributed by atoms with Crippen molar-refractivity contribution in [3.8, 4) is 0 Å². The van der Waals surface area contributed by atoms with Gasteiger partial charge in [0.15, 0.2) is 0 Å². The Hall–Kier alpha value is -2.32. The summed E-state index contributed by atoms with van der Waals surface area (Å²) < 4.78 is 23.6. The van der Waals surface area contributed by atoms with Gasteiger partial charge in [0.25, 0.3) is 0 Å². The topological polar surface area (TPSA) is 105 Å². The van der Waals surface area contributed by atoms with Crippen LogP contribution in [0.15, 0.2) is 85.1 Å². The molecule has 0 fully saturated rings. The lowest BCUT2D eigenvalue weighted by molar-refractivity contribution is -0.870. The number of aliphatic hydroxyl groups excluding tert-OH is 1. The van der Waals surface area contributed by atoms with Crippen molar-refractivity contribution in [3.05, 3.63) is 85.1 Å². The molecule has 3 N–H and O–H groups in total. The summed E-state index contributed by atoms with van der Waals surface area (Å²) in [6.07, 6.45) is 63.9. The van der Waals surface area contributed by atoms with Crippen molar-refractivity contribution in [1.29, 1.82) is 0 Å². The van der Waals surface area contributed by atoms with Crippen molar-refractivity contribution >= 4 is 13.7 Å². The number of nitrogens with zero attached hydrogens (tertiary/aromatic N) is 1. The normalized spacial score (nSPS) is 14.8. The number of unbranched alkanes of at least 4 members (excludes halogenated alkanes) is 21. The summed E-state index contributed by atoms with van der Waals surface area (Å²) in [4.78, 5) is 23.2. The third-order valence-electron chi connectivity index (χ3n) is 11.1. The second kappa shape index (κ2) is 45.8. The number of phosphoric ester groups is 1. The lowest BCUT2D eigenvalue weighted by atomic mass is 10.0. The second-order valence-electron chi connectivity index (χ2n) is 18.5. The Labute approximate surface area is 395 Å². The van der Waals surface area contributed by atoms with E-state index in [-0.39, 0.29) is 19.1 Å². The molecule has 0 aliphatic rings. The van der Waals surface area contributed by atoms with Gasteiger partial charge in [-0.25, -0.2) is 4.57 Å². The van der Waals surface area contributed by atoms with Gasteiger partial charge in [-0.1, -0.05) is 208 Å². The van der Waals surface area contributed by atoms with Crippen molar-refractivity contribution in [1.82, 2.24) is 5.32 Å². The number of hydrogen-bond acceptors (Lipinski definition) is 5. The maximum atomic E-state index is 12.9. The van der Waals surface area contributed by atoms with E-state index in [0.717, 1.165) is 70.6 Å². The van der Waals surface area contributed by atoms with Crippen LogP contribution in [-0.4, -0.2) is 73.4 Å². The van der Waals surface area contributed by atoms with Gasteiger partial charge in [-0.15, -0.1) is 0 Å². The highest BCUT2D eigenvalue weighted by molar-refractivity contribution is 7.47. The quantitative estimate of drug-likeness (QED) is 0.0243. The molecule has 0 aliphatic heterocycles. The summed E-state index contributed by atoms with van der Waals surface area (Å²) in [7, 11) is 1.52. The van der Waals surface area contributed by atoms with E-state index >= 15 is 0 Å². The Kier molecular flexibility index (Phi) is 44.2. The van der Waals surface area contributed by atoms with Gasteiger partial charge in [0.2, 0.25) is 5.91 Å². The van der Waals surface area contributed by atoms with Crippen molar-refractivity contribution < 1.29 is 32.9 Å². The van der Waals surface area contributed by atoms with E-state index in [4.69, 9.17) is 9.05 Å². The first-order chi connectivity index (χ1) is 31.0. The fraction of sp³-hybridized carbons (Fsp3) is 0.727. The SMILES string of the molecule is CC/C=C\C/C=C\C/C=C\C/C=C\C/C=C\CCCCCC(=O)NC(COP(=O)(O)OCC[N+](C)(C)C)C(O)/C=C/CC/C=C/CCCCCCCCCCCCCCCCCCC. The molecule has 3 unspecified atom stereocenters. The molecular formula is C55H100N2O6P+. The Morgan fingerprint density at radius 2 is 0.953 bits per heavy atom. The van der Waals surface area contributed by atoms with Crippen molar-refractivity contribution in [2.75, 3.05) is 40.9 Å². The van der Waals surface area contributed by atoms with E-state index in [1.807, 2.05) is 27.2 Å². The van der Waals surface area contributed by atoms with Gasteiger partial charge in [-0.3, -0.25) is 13.8 Å². The number of carbonyl (C=O) groups is 1. The van der Waals surface area contributed by atoms with Gasteiger partial charge < -0.3 is 19.8 Å². The molecule has 0 saturated heterocycles. The molecule has 0 heterocycles. The van der Waals surface area contributed by atoms with Crippen molar-refractivity contribution in [2.45, 2.75) is 219 Å². The highest BCUT2D eigenvalue weighted by Crippen LogP contribution is 2.43. The summed E-state index contributed by atoms with van der Waals surface area (Å²) in [6, 6.07) is -0.886. The molecule has 0 bridgehead atoms. The molecule has 8 nitrogen and oxygen atoms in total. The fourth-order valence-electron chi connectivity index (χ4n) is 7.02. The van der Waals surface area contributed by atoms with Crippen molar-refractivity contribution in [3.63, 3.8) is 0 Å². The van der Waals surface area contributed by atoms with Crippen molar-refractivity contribution in [2.24, 2.45) is 0 Å². The first kappa shape index (κ1) is 61.7. The van der Waals surface area contributed by atoms with Gasteiger partial charge in [0.1, 0.15) is 13.2 Å².